The fraction of sp³-hybridized carbons (Fsp3) is 0.385. The van der Waals surface area contributed by atoms with E-state index in [1.165, 1.54) is 48.2 Å². The lowest BCUT2D eigenvalue weighted by atomic mass is 9.76. The molecule has 4 heterocycles. The molecule has 0 amide bonds. The molecule has 3 aliphatic rings. The number of benzene rings is 2. The fourth-order valence-corrected chi connectivity index (χ4v) is 5.96. The molecule has 3 saturated heterocycles. The zero-order valence-corrected chi connectivity index (χ0v) is 18.4. The van der Waals surface area contributed by atoms with E-state index in [-0.39, 0.29) is 0 Å². The van der Waals surface area contributed by atoms with Gasteiger partial charge in [0, 0.05) is 24.2 Å². The van der Waals surface area contributed by atoms with Crippen molar-refractivity contribution in [3.8, 4) is 16.9 Å². The number of methoxy groups -OCH3 is 1. The van der Waals surface area contributed by atoms with E-state index in [0.717, 1.165) is 24.6 Å². The Morgan fingerprint density at radius 2 is 1.80 bits per heavy atom. The highest BCUT2D eigenvalue weighted by molar-refractivity contribution is 7.08. The van der Waals surface area contributed by atoms with Gasteiger partial charge < -0.3 is 10.1 Å². The van der Waals surface area contributed by atoms with Crippen LogP contribution in [0.2, 0.25) is 0 Å². The number of fused-ring (bicyclic) bond motifs is 3. The zero-order chi connectivity index (χ0) is 20.3. The summed E-state index contributed by atoms with van der Waals surface area (Å²) in [5, 5.41) is 8.29. The van der Waals surface area contributed by atoms with E-state index in [9.17, 15) is 0 Å². The van der Waals surface area contributed by atoms with Crippen molar-refractivity contribution in [2.24, 2.45) is 5.92 Å². The lowest BCUT2D eigenvalue weighted by Gasteiger charge is -2.51. The lowest BCUT2D eigenvalue weighted by Crippen LogP contribution is -2.63. The molecule has 6 rings (SSSR count). The summed E-state index contributed by atoms with van der Waals surface area (Å²) >= 11 is 1.76. The molecule has 2 aromatic carbocycles. The molecule has 2 atom stereocenters. The first-order valence-electron chi connectivity index (χ1n) is 11.0. The highest BCUT2D eigenvalue weighted by Gasteiger charge is 2.41. The van der Waals surface area contributed by atoms with Gasteiger partial charge in [-0.25, -0.2) is 0 Å². The van der Waals surface area contributed by atoms with Crippen molar-refractivity contribution in [2.45, 2.75) is 37.9 Å². The Kier molecular flexibility index (Phi) is 5.89. The summed E-state index contributed by atoms with van der Waals surface area (Å²) in [6.45, 7) is 3.36. The Balaban J connectivity index is 1.31. The Labute approximate surface area is 183 Å². The first-order chi connectivity index (χ1) is 14.8. The molecule has 1 aromatic heterocycles. The number of hydrogen-bond donors (Lipinski definition) is 1. The third-order valence-corrected chi connectivity index (χ3v) is 7.62. The standard InChI is InChI=1S/C26H30N2OS/c1-29-25-5-3-2-4-22(25)17-27-26-21-10-13-28(14-11-21)24(26)16-19-6-8-20(9-7-19)23-12-15-30-18-23/h2-9,12,15,18,21,24,26-27H,10-11,13-14,16-17H2,1H3. The highest BCUT2D eigenvalue weighted by atomic mass is 32.1. The molecule has 0 aliphatic carbocycles. The van der Waals surface area contributed by atoms with Crippen LogP contribution < -0.4 is 10.1 Å². The maximum Gasteiger partial charge on any atom is 0.123 e. The summed E-state index contributed by atoms with van der Waals surface area (Å²) < 4.78 is 5.56. The van der Waals surface area contributed by atoms with Gasteiger partial charge in [0.1, 0.15) is 5.75 Å². The summed E-state index contributed by atoms with van der Waals surface area (Å²) in [5.74, 6) is 1.76. The van der Waals surface area contributed by atoms with Crippen molar-refractivity contribution in [3.05, 3.63) is 76.5 Å². The Morgan fingerprint density at radius 1 is 1.00 bits per heavy atom. The first kappa shape index (κ1) is 19.8. The molecule has 3 fully saturated rings. The van der Waals surface area contributed by atoms with Crippen molar-refractivity contribution in [2.75, 3.05) is 20.2 Å². The number of piperidine rings is 3. The third-order valence-electron chi connectivity index (χ3n) is 6.94. The maximum atomic E-state index is 5.56. The third kappa shape index (κ3) is 4.04. The molecular formula is C26H30N2OS. The van der Waals surface area contributed by atoms with Crippen LogP contribution in [0.15, 0.2) is 65.4 Å². The highest BCUT2D eigenvalue weighted by Crippen LogP contribution is 2.35. The van der Waals surface area contributed by atoms with Gasteiger partial charge >= 0.3 is 0 Å². The van der Waals surface area contributed by atoms with Gasteiger partial charge in [-0.2, -0.15) is 11.3 Å². The van der Waals surface area contributed by atoms with Crippen LogP contribution in [0.3, 0.4) is 0 Å². The average Bonchev–Trinajstić information content (AvgIpc) is 3.35. The summed E-state index contributed by atoms with van der Waals surface area (Å²) in [6.07, 6.45) is 3.75. The minimum absolute atomic E-state index is 0.536. The predicted octanol–water partition coefficient (Wildman–Crippen LogP) is 5.22. The van der Waals surface area contributed by atoms with Crippen LogP contribution in [-0.2, 0) is 13.0 Å². The second-order valence-corrected chi connectivity index (χ2v) is 9.35. The lowest BCUT2D eigenvalue weighted by molar-refractivity contribution is 0.0126. The SMILES string of the molecule is COc1ccccc1CNC1C2CCN(CC2)C1Cc1ccc(-c2ccsc2)cc1. The molecule has 0 saturated carbocycles. The van der Waals surface area contributed by atoms with Gasteiger partial charge in [0.2, 0.25) is 0 Å². The Morgan fingerprint density at radius 3 is 2.53 bits per heavy atom. The zero-order valence-electron chi connectivity index (χ0n) is 17.6. The number of thiophene rings is 1. The largest absolute Gasteiger partial charge is 0.496 e. The van der Waals surface area contributed by atoms with E-state index < -0.39 is 0 Å². The molecule has 3 nitrogen and oxygen atoms in total. The summed E-state index contributed by atoms with van der Waals surface area (Å²) in [5.41, 5.74) is 5.32. The number of nitrogens with zero attached hydrogens (tertiary/aromatic N) is 1. The molecule has 4 heteroatoms. The predicted molar refractivity (Wildman–Crippen MR) is 125 cm³/mol. The topological polar surface area (TPSA) is 24.5 Å². The van der Waals surface area contributed by atoms with Crippen LogP contribution >= 0.6 is 11.3 Å². The Hall–Kier alpha value is -2.14. The minimum Gasteiger partial charge on any atom is -0.496 e. The second kappa shape index (κ2) is 8.93. The number of para-hydroxylation sites is 1. The average molecular weight is 419 g/mol. The first-order valence-corrected chi connectivity index (χ1v) is 12.0. The van der Waals surface area contributed by atoms with Gasteiger partial charge in [-0.3, -0.25) is 4.90 Å². The number of rotatable bonds is 7. The number of nitrogens with one attached hydrogen (secondary N) is 1. The summed E-state index contributed by atoms with van der Waals surface area (Å²) in [7, 11) is 1.76. The van der Waals surface area contributed by atoms with Crippen molar-refractivity contribution >= 4 is 11.3 Å². The minimum atomic E-state index is 0.536. The van der Waals surface area contributed by atoms with E-state index in [1.54, 1.807) is 18.4 Å². The molecule has 156 valence electrons. The maximum absolute atomic E-state index is 5.56. The van der Waals surface area contributed by atoms with Crippen LogP contribution in [-0.4, -0.2) is 37.2 Å². The van der Waals surface area contributed by atoms with E-state index >= 15 is 0 Å². The van der Waals surface area contributed by atoms with Crippen molar-refractivity contribution in [3.63, 3.8) is 0 Å². The van der Waals surface area contributed by atoms with E-state index in [2.05, 4.69) is 69.5 Å². The van der Waals surface area contributed by atoms with Gasteiger partial charge in [-0.1, -0.05) is 42.5 Å². The van der Waals surface area contributed by atoms with Crippen LogP contribution in [0.25, 0.3) is 11.1 Å². The number of hydrogen-bond acceptors (Lipinski definition) is 4. The summed E-state index contributed by atoms with van der Waals surface area (Å²) in [6, 6.07) is 20.9. The van der Waals surface area contributed by atoms with Crippen molar-refractivity contribution in [1.29, 1.82) is 0 Å². The van der Waals surface area contributed by atoms with Crippen LogP contribution in [0.5, 0.6) is 5.75 Å². The van der Waals surface area contributed by atoms with Crippen molar-refractivity contribution in [1.82, 2.24) is 10.2 Å². The smallest absolute Gasteiger partial charge is 0.123 e. The van der Waals surface area contributed by atoms with Gasteiger partial charge in [-0.15, -0.1) is 0 Å². The molecule has 1 N–H and O–H groups in total. The molecule has 3 aliphatic heterocycles. The van der Waals surface area contributed by atoms with Crippen LogP contribution in [0.4, 0.5) is 0 Å². The van der Waals surface area contributed by atoms with E-state index in [1.807, 2.05) is 6.07 Å². The second-order valence-electron chi connectivity index (χ2n) is 8.57. The normalized spacial score (nSPS) is 25.4. The van der Waals surface area contributed by atoms with Gasteiger partial charge in [0.15, 0.2) is 0 Å². The Bertz CT molecular complexity index is 945. The molecular weight excluding hydrogens is 388 g/mol. The van der Waals surface area contributed by atoms with E-state index in [0.29, 0.717) is 12.1 Å². The summed E-state index contributed by atoms with van der Waals surface area (Å²) in [4.78, 5) is 2.71. The van der Waals surface area contributed by atoms with Gasteiger partial charge in [-0.05, 0) is 77.9 Å². The molecule has 0 radical (unpaired) electrons. The van der Waals surface area contributed by atoms with Crippen molar-refractivity contribution < 1.29 is 4.74 Å². The number of ether oxygens (including phenoxy) is 1. The molecule has 3 aromatic rings. The van der Waals surface area contributed by atoms with Crippen LogP contribution in [0.1, 0.15) is 24.0 Å². The van der Waals surface area contributed by atoms with Gasteiger partial charge in [0.05, 0.1) is 7.11 Å². The fourth-order valence-electron chi connectivity index (χ4n) is 5.29. The molecule has 0 spiro atoms. The van der Waals surface area contributed by atoms with E-state index in [4.69, 9.17) is 4.74 Å². The quantitative estimate of drug-likeness (QED) is 0.569. The molecule has 30 heavy (non-hydrogen) atoms. The molecule has 2 bridgehead atoms. The molecule has 2 unspecified atom stereocenters. The van der Waals surface area contributed by atoms with Crippen LogP contribution in [0, 0.1) is 5.92 Å². The monoisotopic (exact) mass is 418 g/mol. The van der Waals surface area contributed by atoms with Gasteiger partial charge in [0.25, 0.3) is 0 Å².